The number of aromatic nitrogens is 3. The van der Waals surface area contributed by atoms with E-state index in [1.54, 1.807) is 31.3 Å². The number of benzene rings is 1. The predicted octanol–water partition coefficient (Wildman–Crippen LogP) is 3.20. The van der Waals surface area contributed by atoms with Crippen LogP contribution < -0.4 is 11.5 Å². The molecule has 0 bridgehead atoms. The number of pyridine rings is 1. The molecule has 7 heteroatoms. The maximum atomic E-state index is 6.25. The first-order valence-electron chi connectivity index (χ1n) is 7.20. The zero-order chi connectivity index (χ0) is 17.1. The van der Waals surface area contributed by atoms with Crippen molar-refractivity contribution in [2.24, 2.45) is 16.5 Å². The van der Waals surface area contributed by atoms with E-state index in [1.807, 2.05) is 24.3 Å². The smallest absolute Gasteiger partial charge is 0.167 e. The molecule has 0 aliphatic rings. The van der Waals surface area contributed by atoms with Gasteiger partial charge >= 0.3 is 0 Å². The molecule has 2 heterocycles. The molecule has 0 fully saturated rings. The molecular weight excluding hydrogens is 324 g/mol. The lowest BCUT2D eigenvalue weighted by Crippen LogP contribution is -2.10. The Morgan fingerprint density at radius 1 is 1.12 bits per heavy atom. The lowest BCUT2D eigenvalue weighted by atomic mass is 10.2. The first-order chi connectivity index (χ1) is 11.5. The Balaban J connectivity index is 2.24. The van der Waals surface area contributed by atoms with Gasteiger partial charge in [0.05, 0.1) is 10.4 Å². The molecule has 120 valence electrons. The molecule has 0 aliphatic carbocycles. The van der Waals surface area contributed by atoms with E-state index in [9.17, 15) is 0 Å². The van der Waals surface area contributed by atoms with Crippen molar-refractivity contribution in [2.45, 2.75) is 6.92 Å². The minimum atomic E-state index is 0.254. The summed E-state index contributed by atoms with van der Waals surface area (Å²) in [6.07, 6.45) is 3.23. The van der Waals surface area contributed by atoms with Crippen LogP contribution in [0, 0.1) is 0 Å². The number of aliphatic imine (C=N–C) groups is 1. The molecule has 0 amide bonds. The van der Waals surface area contributed by atoms with Crippen molar-refractivity contribution in [2.75, 3.05) is 0 Å². The first-order valence-corrected chi connectivity index (χ1v) is 7.58. The quantitative estimate of drug-likeness (QED) is 0.564. The largest absolute Gasteiger partial charge is 0.402 e. The van der Waals surface area contributed by atoms with Gasteiger partial charge in [-0.1, -0.05) is 23.7 Å². The molecule has 6 nitrogen and oxygen atoms in total. The van der Waals surface area contributed by atoms with Crippen molar-refractivity contribution in [3.05, 3.63) is 59.4 Å². The third kappa shape index (κ3) is 3.33. The number of halogens is 1. The van der Waals surface area contributed by atoms with Gasteiger partial charge in [-0.25, -0.2) is 19.9 Å². The van der Waals surface area contributed by atoms with Crippen LogP contribution in [0.5, 0.6) is 0 Å². The standard InChI is InChI=1S/C17H15ClN6/c1-10(19)9-14(20)22-17-12-6-4-8-21-15(12)23-16(24-17)11-5-2-3-7-13(11)18/h2-9H,19H2,1H3,(H2,20,21,22,23,24)/b10-9-. The van der Waals surface area contributed by atoms with Gasteiger partial charge in [0.25, 0.3) is 0 Å². The highest BCUT2D eigenvalue weighted by atomic mass is 35.5. The van der Waals surface area contributed by atoms with Gasteiger partial charge in [0.1, 0.15) is 5.84 Å². The molecule has 24 heavy (non-hydrogen) atoms. The molecule has 0 saturated heterocycles. The van der Waals surface area contributed by atoms with Gasteiger partial charge in [-0.3, -0.25) is 0 Å². The second-order valence-electron chi connectivity index (χ2n) is 5.15. The Morgan fingerprint density at radius 3 is 2.67 bits per heavy atom. The number of hydrogen-bond donors (Lipinski definition) is 2. The molecule has 1 aromatic carbocycles. The molecule has 3 aromatic rings. The maximum Gasteiger partial charge on any atom is 0.167 e. The predicted molar refractivity (Wildman–Crippen MR) is 97.0 cm³/mol. The summed E-state index contributed by atoms with van der Waals surface area (Å²) < 4.78 is 0. The summed E-state index contributed by atoms with van der Waals surface area (Å²) in [6.45, 7) is 1.73. The van der Waals surface area contributed by atoms with Crippen molar-refractivity contribution < 1.29 is 0 Å². The fraction of sp³-hybridized carbons (Fsp3) is 0.0588. The average molecular weight is 339 g/mol. The number of nitrogens with zero attached hydrogens (tertiary/aromatic N) is 4. The normalized spacial score (nSPS) is 12.6. The van der Waals surface area contributed by atoms with E-state index in [2.05, 4.69) is 19.9 Å². The first kappa shape index (κ1) is 15.9. The molecule has 3 rings (SSSR count). The third-order valence-electron chi connectivity index (χ3n) is 3.18. The van der Waals surface area contributed by atoms with Crippen molar-refractivity contribution in [3.8, 4) is 11.4 Å². The maximum absolute atomic E-state index is 6.25. The van der Waals surface area contributed by atoms with Crippen LogP contribution in [0.4, 0.5) is 5.82 Å². The fourth-order valence-corrected chi connectivity index (χ4v) is 2.40. The minimum absolute atomic E-state index is 0.254. The summed E-state index contributed by atoms with van der Waals surface area (Å²) in [5.74, 6) is 1.11. The topological polar surface area (TPSA) is 103 Å². The van der Waals surface area contributed by atoms with Crippen LogP contribution in [0.3, 0.4) is 0 Å². The van der Waals surface area contributed by atoms with Crippen LogP contribution in [0.1, 0.15) is 6.92 Å². The van der Waals surface area contributed by atoms with Crippen LogP contribution in [0.25, 0.3) is 22.4 Å². The van der Waals surface area contributed by atoms with E-state index in [4.69, 9.17) is 23.1 Å². The van der Waals surface area contributed by atoms with Crippen LogP contribution in [-0.4, -0.2) is 20.8 Å². The van der Waals surface area contributed by atoms with Gasteiger partial charge in [0.15, 0.2) is 17.3 Å². The lowest BCUT2D eigenvalue weighted by Gasteiger charge is -2.07. The van der Waals surface area contributed by atoms with Gasteiger partial charge in [0.2, 0.25) is 0 Å². The summed E-state index contributed by atoms with van der Waals surface area (Å²) in [4.78, 5) is 17.6. The highest BCUT2D eigenvalue weighted by Gasteiger charge is 2.12. The second kappa shape index (κ2) is 6.64. The fourth-order valence-electron chi connectivity index (χ4n) is 2.18. The van der Waals surface area contributed by atoms with E-state index in [1.165, 1.54) is 0 Å². The highest BCUT2D eigenvalue weighted by Crippen LogP contribution is 2.29. The summed E-state index contributed by atoms with van der Waals surface area (Å²) in [5, 5.41) is 1.24. The molecule has 0 aliphatic heterocycles. The lowest BCUT2D eigenvalue weighted by molar-refractivity contribution is 1.17. The minimum Gasteiger partial charge on any atom is -0.402 e. The number of fused-ring (bicyclic) bond motifs is 1. The zero-order valence-electron chi connectivity index (χ0n) is 12.9. The number of amidine groups is 1. The number of rotatable bonds is 3. The van der Waals surface area contributed by atoms with E-state index >= 15 is 0 Å². The monoisotopic (exact) mass is 338 g/mol. The number of allylic oxidation sites excluding steroid dienone is 1. The summed E-state index contributed by atoms with van der Waals surface area (Å²) >= 11 is 6.25. The van der Waals surface area contributed by atoms with Gasteiger partial charge in [-0.05, 0) is 37.3 Å². The number of hydrogen-bond acceptors (Lipinski definition) is 5. The SMILES string of the molecule is C/C(N)=C/C(N)=Nc1nc(-c2ccccc2Cl)nc2ncccc12. The van der Waals surface area contributed by atoms with E-state index in [-0.39, 0.29) is 5.84 Å². The highest BCUT2D eigenvalue weighted by molar-refractivity contribution is 6.33. The molecule has 0 spiro atoms. The van der Waals surface area contributed by atoms with Gasteiger partial charge in [0, 0.05) is 17.5 Å². The summed E-state index contributed by atoms with van der Waals surface area (Å²) in [5.41, 5.74) is 13.3. The van der Waals surface area contributed by atoms with Crippen LogP contribution in [0.2, 0.25) is 5.02 Å². The Morgan fingerprint density at radius 2 is 1.92 bits per heavy atom. The van der Waals surface area contributed by atoms with Gasteiger partial charge < -0.3 is 11.5 Å². The van der Waals surface area contributed by atoms with Crippen LogP contribution in [-0.2, 0) is 0 Å². The van der Waals surface area contributed by atoms with E-state index < -0.39 is 0 Å². The van der Waals surface area contributed by atoms with Gasteiger partial charge in [-0.15, -0.1) is 0 Å². The molecular formula is C17H15ClN6. The molecule has 0 saturated carbocycles. The van der Waals surface area contributed by atoms with Crippen molar-refractivity contribution in [1.29, 1.82) is 0 Å². The molecule has 4 N–H and O–H groups in total. The number of nitrogens with two attached hydrogens (primary N) is 2. The Hall–Kier alpha value is -2.99. The Bertz CT molecular complexity index is 960. The second-order valence-corrected chi connectivity index (χ2v) is 5.56. The van der Waals surface area contributed by atoms with Crippen LogP contribution in [0.15, 0.2) is 59.4 Å². The van der Waals surface area contributed by atoms with Crippen LogP contribution >= 0.6 is 11.6 Å². The third-order valence-corrected chi connectivity index (χ3v) is 3.51. The Labute approximate surface area is 143 Å². The summed E-state index contributed by atoms with van der Waals surface area (Å²) in [7, 11) is 0. The molecule has 0 atom stereocenters. The van der Waals surface area contributed by atoms with Crippen molar-refractivity contribution >= 4 is 34.3 Å². The Kier molecular flexibility index (Phi) is 4.39. The van der Waals surface area contributed by atoms with Crippen molar-refractivity contribution in [3.63, 3.8) is 0 Å². The van der Waals surface area contributed by atoms with E-state index in [0.717, 1.165) is 0 Å². The molecule has 0 unspecified atom stereocenters. The molecule has 0 radical (unpaired) electrons. The van der Waals surface area contributed by atoms with E-state index in [0.29, 0.717) is 39.0 Å². The van der Waals surface area contributed by atoms with Gasteiger partial charge in [-0.2, -0.15) is 0 Å². The average Bonchev–Trinajstić information content (AvgIpc) is 2.54. The molecule has 2 aromatic heterocycles. The summed E-state index contributed by atoms with van der Waals surface area (Å²) in [6, 6.07) is 11.0. The van der Waals surface area contributed by atoms with Crippen molar-refractivity contribution in [1.82, 2.24) is 15.0 Å². The zero-order valence-corrected chi connectivity index (χ0v) is 13.7.